The van der Waals surface area contributed by atoms with E-state index in [1.165, 1.54) is 35.9 Å². The lowest BCUT2D eigenvalue weighted by atomic mass is 10.2. The van der Waals surface area contributed by atoms with Gasteiger partial charge in [-0.05, 0) is 44.5 Å². The monoisotopic (exact) mass is 334 g/mol. The second-order valence-electron chi connectivity index (χ2n) is 5.33. The first kappa shape index (κ1) is 17.7. The van der Waals surface area contributed by atoms with Crippen molar-refractivity contribution in [3.63, 3.8) is 0 Å². The SMILES string of the molecule is CC/C(N)=C\C(F)=C(/C)Oc1ccc(F)c(-c2nc(C)nn2C)c1. The summed E-state index contributed by atoms with van der Waals surface area (Å²) < 4.78 is 35.0. The summed E-state index contributed by atoms with van der Waals surface area (Å²) in [5.74, 6) is 0.194. The van der Waals surface area contributed by atoms with Crippen LogP contribution in [0.15, 0.2) is 41.6 Å². The van der Waals surface area contributed by atoms with Crippen molar-refractivity contribution in [3.8, 4) is 17.1 Å². The predicted octanol–water partition coefficient (Wildman–Crippen LogP) is 3.76. The number of hydrogen-bond acceptors (Lipinski definition) is 4. The minimum absolute atomic E-state index is 0.0399. The van der Waals surface area contributed by atoms with Gasteiger partial charge in [-0.15, -0.1) is 0 Å². The molecule has 0 aliphatic rings. The van der Waals surface area contributed by atoms with E-state index in [4.69, 9.17) is 10.5 Å². The van der Waals surface area contributed by atoms with Crippen LogP contribution in [0.25, 0.3) is 11.4 Å². The Balaban J connectivity index is 2.35. The van der Waals surface area contributed by atoms with Gasteiger partial charge >= 0.3 is 0 Å². The first-order valence-electron chi connectivity index (χ1n) is 7.49. The molecule has 0 amide bonds. The Morgan fingerprint density at radius 2 is 2.12 bits per heavy atom. The van der Waals surface area contributed by atoms with Gasteiger partial charge in [-0.25, -0.2) is 18.4 Å². The van der Waals surface area contributed by atoms with Crippen LogP contribution in [0.2, 0.25) is 0 Å². The van der Waals surface area contributed by atoms with Crippen LogP contribution in [0.5, 0.6) is 5.75 Å². The Morgan fingerprint density at radius 1 is 1.42 bits per heavy atom. The molecule has 2 aromatic rings. The molecule has 0 spiro atoms. The molecule has 0 fully saturated rings. The fourth-order valence-corrected chi connectivity index (χ4v) is 2.08. The lowest BCUT2D eigenvalue weighted by Gasteiger charge is -2.09. The Bertz CT molecular complexity index is 809. The van der Waals surface area contributed by atoms with Crippen molar-refractivity contribution in [2.75, 3.05) is 0 Å². The molecular formula is C17H20F2N4O. The number of nitrogens with zero attached hydrogens (tertiary/aromatic N) is 3. The zero-order valence-corrected chi connectivity index (χ0v) is 14.1. The summed E-state index contributed by atoms with van der Waals surface area (Å²) in [5, 5.41) is 4.10. The zero-order valence-electron chi connectivity index (χ0n) is 14.1. The fraction of sp³-hybridized carbons (Fsp3) is 0.294. The van der Waals surface area contributed by atoms with E-state index in [2.05, 4.69) is 10.1 Å². The third kappa shape index (κ3) is 3.98. The number of halogens is 2. The van der Waals surface area contributed by atoms with Crippen LogP contribution in [0, 0.1) is 12.7 Å². The molecule has 1 heterocycles. The van der Waals surface area contributed by atoms with Crippen molar-refractivity contribution in [2.45, 2.75) is 27.2 Å². The molecule has 1 aromatic carbocycles. The van der Waals surface area contributed by atoms with Gasteiger partial charge in [-0.3, -0.25) is 0 Å². The van der Waals surface area contributed by atoms with Crippen LogP contribution in [0.1, 0.15) is 26.1 Å². The molecule has 0 aliphatic carbocycles. The topological polar surface area (TPSA) is 66.0 Å². The summed E-state index contributed by atoms with van der Waals surface area (Å²) >= 11 is 0. The molecule has 0 saturated heterocycles. The number of aromatic nitrogens is 3. The van der Waals surface area contributed by atoms with Crippen LogP contribution in [-0.2, 0) is 7.05 Å². The first-order chi connectivity index (χ1) is 11.3. The van der Waals surface area contributed by atoms with Crippen LogP contribution >= 0.6 is 0 Å². The highest BCUT2D eigenvalue weighted by molar-refractivity contribution is 5.59. The van der Waals surface area contributed by atoms with Gasteiger partial charge in [-0.2, -0.15) is 5.10 Å². The maximum Gasteiger partial charge on any atom is 0.162 e. The number of nitrogens with two attached hydrogens (primary N) is 1. The van der Waals surface area contributed by atoms with Gasteiger partial charge in [0.15, 0.2) is 11.7 Å². The van der Waals surface area contributed by atoms with E-state index in [0.717, 1.165) is 0 Å². The van der Waals surface area contributed by atoms with Crippen molar-refractivity contribution in [1.29, 1.82) is 0 Å². The summed E-state index contributed by atoms with van der Waals surface area (Å²) in [6.45, 7) is 5.02. The lowest BCUT2D eigenvalue weighted by Crippen LogP contribution is -2.00. The van der Waals surface area contributed by atoms with Gasteiger partial charge in [-0.1, -0.05) is 6.92 Å². The summed E-state index contributed by atoms with van der Waals surface area (Å²) in [6, 6.07) is 4.13. The number of aryl methyl sites for hydroxylation is 2. The van der Waals surface area contributed by atoms with Crippen LogP contribution in [0.4, 0.5) is 8.78 Å². The van der Waals surface area contributed by atoms with Gasteiger partial charge in [0.1, 0.15) is 23.2 Å². The average Bonchev–Trinajstić information content (AvgIpc) is 2.87. The molecule has 5 nitrogen and oxygen atoms in total. The van der Waals surface area contributed by atoms with Gasteiger partial charge in [0.05, 0.1) is 5.56 Å². The van der Waals surface area contributed by atoms with E-state index in [-0.39, 0.29) is 11.3 Å². The van der Waals surface area contributed by atoms with E-state index in [1.54, 1.807) is 14.0 Å². The minimum atomic E-state index is -0.574. The average molecular weight is 334 g/mol. The highest BCUT2D eigenvalue weighted by Crippen LogP contribution is 2.27. The molecule has 1 aromatic heterocycles. The standard InChI is InChI=1S/C17H20F2N4O/c1-5-12(20)8-16(19)10(2)24-13-6-7-15(18)14(9-13)17-21-11(3)22-23(17)4/h6-9H,5,20H2,1-4H3/b12-8+,16-10-. The van der Waals surface area contributed by atoms with Crippen molar-refractivity contribution >= 4 is 0 Å². The smallest absolute Gasteiger partial charge is 0.162 e. The second-order valence-corrected chi connectivity index (χ2v) is 5.33. The molecule has 0 radical (unpaired) electrons. The Kier molecular flexibility index (Phi) is 5.33. The maximum atomic E-state index is 14.1. The molecule has 0 aliphatic heterocycles. The van der Waals surface area contributed by atoms with E-state index < -0.39 is 11.6 Å². The molecule has 7 heteroatoms. The Labute approximate surface area is 139 Å². The molecule has 0 bridgehead atoms. The lowest BCUT2D eigenvalue weighted by molar-refractivity contribution is 0.402. The quantitative estimate of drug-likeness (QED) is 0.668. The van der Waals surface area contributed by atoms with E-state index >= 15 is 0 Å². The van der Waals surface area contributed by atoms with E-state index in [9.17, 15) is 8.78 Å². The van der Waals surface area contributed by atoms with Crippen LogP contribution in [-0.4, -0.2) is 14.8 Å². The minimum Gasteiger partial charge on any atom is -0.459 e. The van der Waals surface area contributed by atoms with Gasteiger partial charge in [0.25, 0.3) is 0 Å². The van der Waals surface area contributed by atoms with E-state index in [0.29, 0.717) is 29.5 Å². The van der Waals surface area contributed by atoms with Gasteiger partial charge in [0, 0.05) is 12.7 Å². The van der Waals surface area contributed by atoms with Crippen molar-refractivity contribution in [1.82, 2.24) is 14.8 Å². The Morgan fingerprint density at radius 3 is 2.71 bits per heavy atom. The summed E-state index contributed by atoms with van der Waals surface area (Å²) in [7, 11) is 1.67. The first-order valence-corrected chi connectivity index (χ1v) is 7.49. The van der Waals surface area contributed by atoms with Crippen LogP contribution < -0.4 is 10.5 Å². The third-order valence-corrected chi connectivity index (χ3v) is 3.38. The predicted molar refractivity (Wildman–Crippen MR) is 88.1 cm³/mol. The number of ether oxygens (including phenoxy) is 1. The number of allylic oxidation sites excluding steroid dienone is 4. The summed E-state index contributed by atoms with van der Waals surface area (Å²) in [5.41, 5.74) is 6.24. The molecule has 24 heavy (non-hydrogen) atoms. The maximum absolute atomic E-state index is 14.1. The normalized spacial score (nSPS) is 13.0. The number of rotatable bonds is 5. The van der Waals surface area contributed by atoms with E-state index in [1.807, 2.05) is 6.92 Å². The number of hydrogen-bond donors (Lipinski definition) is 1. The largest absolute Gasteiger partial charge is 0.459 e. The van der Waals surface area contributed by atoms with Crippen molar-refractivity contribution < 1.29 is 13.5 Å². The molecule has 2 N–H and O–H groups in total. The van der Waals surface area contributed by atoms with Gasteiger partial charge < -0.3 is 10.5 Å². The highest BCUT2D eigenvalue weighted by Gasteiger charge is 2.14. The second kappa shape index (κ2) is 7.25. The van der Waals surface area contributed by atoms with Gasteiger partial charge in [0.2, 0.25) is 0 Å². The third-order valence-electron chi connectivity index (χ3n) is 3.38. The van der Waals surface area contributed by atoms with Crippen LogP contribution in [0.3, 0.4) is 0 Å². The molecule has 0 unspecified atom stereocenters. The molecule has 2 rings (SSSR count). The molecule has 0 atom stereocenters. The summed E-state index contributed by atoms with van der Waals surface area (Å²) in [4.78, 5) is 4.19. The number of benzene rings is 1. The zero-order chi connectivity index (χ0) is 17.9. The highest BCUT2D eigenvalue weighted by atomic mass is 19.1. The molecule has 128 valence electrons. The Hall–Kier alpha value is -2.70. The van der Waals surface area contributed by atoms with Crippen molar-refractivity contribution in [2.24, 2.45) is 12.8 Å². The van der Waals surface area contributed by atoms with Crippen molar-refractivity contribution in [3.05, 3.63) is 53.2 Å². The molecule has 0 saturated carbocycles. The molecular weight excluding hydrogens is 314 g/mol. The fourth-order valence-electron chi connectivity index (χ4n) is 2.08. The summed E-state index contributed by atoms with van der Waals surface area (Å²) in [6.07, 6.45) is 1.75.